The number of rotatable bonds is 10. The second-order valence-electron chi connectivity index (χ2n) is 8.35. The Bertz CT molecular complexity index is 1300. The molecule has 0 atom stereocenters. The number of hydrogen-bond acceptors (Lipinski definition) is 5. The summed E-state index contributed by atoms with van der Waals surface area (Å²) in [5.74, 6) is -0.724. The van der Waals surface area contributed by atoms with Crippen LogP contribution in [0.5, 0.6) is 0 Å². The van der Waals surface area contributed by atoms with Gasteiger partial charge in [0.1, 0.15) is 0 Å². The lowest BCUT2D eigenvalue weighted by atomic mass is 10.0. The first kappa shape index (κ1) is 24.5. The normalized spacial score (nSPS) is 10.7. The molecule has 4 aromatic rings. The van der Waals surface area contributed by atoms with Crippen molar-refractivity contribution in [2.75, 3.05) is 11.9 Å². The fraction of sp³-hybridized carbons (Fsp3) is 0.103. The highest BCUT2D eigenvalue weighted by Gasteiger charge is 2.20. The molecular formula is C29H25N3O4. The summed E-state index contributed by atoms with van der Waals surface area (Å²) >= 11 is 0. The van der Waals surface area contributed by atoms with Crippen LogP contribution in [0.15, 0.2) is 109 Å². The van der Waals surface area contributed by atoms with Crippen LogP contribution in [0.4, 0.5) is 11.4 Å². The van der Waals surface area contributed by atoms with E-state index < -0.39 is 10.7 Å². The number of carbonyl (C=O) groups excluding carboxylic acids is 2. The number of non-ortho nitro benzene ring substituents is 1. The summed E-state index contributed by atoms with van der Waals surface area (Å²) in [6.45, 7) is 1.18. The van der Waals surface area contributed by atoms with E-state index in [1.165, 1.54) is 18.2 Å². The van der Waals surface area contributed by atoms with Crippen molar-refractivity contribution in [3.05, 3.63) is 142 Å². The Kier molecular flexibility index (Phi) is 7.95. The van der Waals surface area contributed by atoms with Crippen molar-refractivity contribution >= 4 is 23.1 Å². The van der Waals surface area contributed by atoms with Gasteiger partial charge in [0.2, 0.25) is 5.91 Å². The van der Waals surface area contributed by atoms with E-state index in [-0.39, 0.29) is 29.4 Å². The van der Waals surface area contributed by atoms with Crippen molar-refractivity contribution in [2.45, 2.75) is 13.1 Å². The van der Waals surface area contributed by atoms with Gasteiger partial charge >= 0.3 is 0 Å². The number of nitro groups is 1. The molecule has 1 N–H and O–H groups in total. The predicted molar refractivity (Wildman–Crippen MR) is 139 cm³/mol. The van der Waals surface area contributed by atoms with Crippen molar-refractivity contribution in [2.24, 2.45) is 0 Å². The maximum absolute atomic E-state index is 13.1. The summed E-state index contributed by atoms with van der Waals surface area (Å²) in [6, 6.07) is 32.1. The highest BCUT2D eigenvalue weighted by Crippen LogP contribution is 2.25. The zero-order valence-corrected chi connectivity index (χ0v) is 19.5. The van der Waals surface area contributed by atoms with E-state index in [4.69, 9.17) is 0 Å². The zero-order chi connectivity index (χ0) is 25.3. The van der Waals surface area contributed by atoms with Crippen LogP contribution in [0, 0.1) is 10.1 Å². The van der Waals surface area contributed by atoms with E-state index in [0.717, 1.165) is 11.1 Å². The molecule has 4 aromatic carbocycles. The topological polar surface area (TPSA) is 92.6 Å². The third kappa shape index (κ3) is 6.49. The lowest BCUT2D eigenvalue weighted by molar-refractivity contribution is -0.384. The van der Waals surface area contributed by atoms with Gasteiger partial charge in [0.05, 0.1) is 22.7 Å². The first-order chi connectivity index (χ1) is 17.5. The van der Waals surface area contributed by atoms with Crippen LogP contribution in [0.2, 0.25) is 0 Å². The first-order valence-electron chi connectivity index (χ1n) is 11.5. The van der Waals surface area contributed by atoms with Gasteiger partial charge in [-0.3, -0.25) is 24.6 Å². The third-order valence-electron chi connectivity index (χ3n) is 5.63. The Morgan fingerprint density at radius 3 is 1.81 bits per heavy atom. The number of anilines is 1. The molecule has 7 nitrogen and oxygen atoms in total. The molecule has 0 fully saturated rings. The van der Waals surface area contributed by atoms with Crippen LogP contribution in [-0.2, 0) is 17.9 Å². The van der Waals surface area contributed by atoms with Gasteiger partial charge in [0.15, 0.2) is 5.78 Å². The van der Waals surface area contributed by atoms with Gasteiger partial charge in [-0.15, -0.1) is 0 Å². The smallest absolute Gasteiger partial charge is 0.270 e. The van der Waals surface area contributed by atoms with Crippen LogP contribution in [-0.4, -0.2) is 28.1 Å². The average Bonchev–Trinajstić information content (AvgIpc) is 2.90. The van der Waals surface area contributed by atoms with E-state index >= 15 is 0 Å². The number of nitro benzene ring substituents is 1. The Hall–Kier alpha value is -4.62. The maximum Gasteiger partial charge on any atom is 0.270 e. The number of nitrogens with one attached hydrogen (secondary N) is 1. The molecule has 0 radical (unpaired) electrons. The molecule has 0 aliphatic rings. The standard InChI is InChI=1S/C29H25N3O4/c33-28(21-31(19-22-10-4-1-5-11-22)20-23-12-6-2-7-13-23)30-27-17-16-25(32(35)36)18-26(27)29(34)24-14-8-3-9-15-24/h1-18H,19-21H2,(H,30,33). The van der Waals surface area contributed by atoms with Gasteiger partial charge in [-0.25, -0.2) is 0 Å². The van der Waals surface area contributed by atoms with E-state index in [9.17, 15) is 19.7 Å². The largest absolute Gasteiger partial charge is 0.324 e. The van der Waals surface area contributed by atoms with E-state index in [1.807, 2.05) is 65.6 Å². The SMILES string of the molecule is O=C(CN(Cc1ccccc1)Cc1ccccc1)Nc1ccc([N+](=O)[O-])cc1C(=O)c1ccccc1. The molecule has 0 bridgehead atoms. The summed E-state index contributed by atoms with van der Waals surface area (Å²) in [5, 5.41) is 14.1. The summed E-state index contributed by atoms with van der Waals surface area (Å²) < 4.78 is 0. The van der Waals surface area contributed by atoms with Crippen molar-refractivity contribution in [3.63, 3.8) is 0 Å². The lowest BCUT2D eigenvalue weighted by Gasteiger charge is -2.22. The van der Waals surface area contributed by atoms with Crippen LogP contribution in [0.3, 0.4) is 0 Å². The second kappa shape index (κ2) is 11.7. The number of hydrogen-bond donors (Lipinski definition) is 1. The number of amides is 1. The molecule has 0 aliphatic heterocycles. The fourth-order valence-electron chi connectivity index (χ4n) is 3.93. The monoisotopic (exact) mass is 479 g/mol. The van der Waals surface area contributed by atoms with Crippen molar-refractivity contribution in [1.29, 1.82) is 0 Å². The first-order valence-corrected chi connectivity index (χ1v) is 11.5. The molecule has 180 valence electrons. The Balaban J connectivity index is 1.57. The van der Waals surface area contributed by atoms with E-state index in [2.05, 4.69) is 5.32 Å². The molecule has 0 aliphatic carbocycles. The Morgan fingerprint density at radius 2 is 1.28 bits per heavy atom. The minimum absolute atomic E-state index is 0.0692. The van der Waals surface area contributed by atoms with E-state index in [0.29, 0.717) is 18.7 Å². The summed E-state index contributed by atoms with van der Waals surface area (Å²) in [7, 11) is 0. The highest BCUT2D eigenvalue weighted by molar-refractivity contribution is 6.14. The van der Waals surface area contributed by atoms with Gasteiger partial charge in [-0.05, 0) is 17.2 Å². The second-order valence-corrected chi connectivity index (χ2v) is 8.35. The number of benzene rings is 4. The number of ketones is 1. The molecule has 0 spiro atoms. The van der Waals surface area contributed by atoms with Gasteiger partial charge in [0.25, 0.3) is 5.69 Å². The molecule has 4 rings (SSSR count). The molecular weight excluding hydrogens is 454 g/mol. The zero-order valence-electron chi connectivity index (χ0n) is 19.5. The van der Waals surface area contributed by atoms with Gasteiger partial charge in [-0.1, -0.05) is 91.0 Å². The summed E-state index contributed by atoms with van der Waals surface area (Å²) in [6.07, 6.45) is 0. The predicted octanol–water partition coefficient (Wildman–Crippen LogP) is 5.47. The Labute approximate surface area is 209 Å². The fourth-order valence-corrected chi connectivity index (χ4v) is 3.93. The maximum atomic E-state index is 13.1. The van der Waals surface area contributed by atoms with Gasteiger partial charge in [0, 0.05) is 30.8 Å². The highest BCUT2D eigenvalue weighted by atomic mass is 16.6. The summed E-state index contributed by atoms with van der Waals surface area (Å²) in [4.78, 5) is 39.1. The van der Waals surface area contributed by atoms with Crippen molar-refractivity contribution in [3.8, 4) is 0 Å². The van der Waals surface area contributed by atoms with Gasteiger partial charge in [-0.2, -0.15) is 0 Å². The van der Waals surface area contributed by atoms with E-state index in [1.54, 1.807) is 30.3 Å². The quantitative estimate of drug-likeness (QED) is 0.185. The number of nitrogens with zero attached hydrogens (tertiary/aromatic N) is 2. The molecule has 0 aromatic heterocycles. The van der Waals surface area contributed by atoms with Crippen molar-refractivity contribution in [1.82, 2.24) is 4.90 Å². The van der Waals surface area contributed by atoms with Gasteiger partial charge < -0.3 is 5.32 Å². The third-order valence-corrected chi connectivity index (χ3v) is 5.63. The molecule has 0 heterocycles. The van der Waals surface area contributed by atoms with Crippen LogP contribution in [0.1, 0.15) is 27.0 Å². The lowest BCUT2D eigenvalue weighted by Crippen LogP contribution is -2.33. The Morgan fingerprint density at radius 1 is 0.750 bits per heavy atom. The molecule has 7 heteroatoms. The summed E-state index contributed by atoms with van der Waals surface area (Å²) in [5.41, 5.74) is 2.60. The minimum atomic E-state index is -0.561. The van der Waals surface area contributed by atoms with Crippen LogP contribution in [0.25, 0.3) is 0 Å². The molecule has 0 unspecified atom stereocenters. The van der Waals surface area contributed by atoms with Crippen molar-refractivity contribution < 1.29 is 14.5 Å². The minimum Gasteiger partial charge on any atom is -0.324 e. The molecule has 1 amide bonds. The molecule has 0 saturated carbocycles. The average molecular weight is 480 g/mol. The van der Waals surface area contributed by atoms with Crippen LogP contribution >= 0.6 is 0 Å². The molecule has 0 saturated heterocycles. The van der Waals surface area contributed by atoms with Crippen LogP contribution < -0.4 is 5.32 Å². The molecule has 36 heavy (non-hydrogen) atoms. The number of carbonyl (C=O) groups is 2.